The van der Waals surface area contributed by atoms with Crippen LogP contribution in [0.3, 0.4) is 0 Å². The topological polar surface area (TPSA) is 41.1 Å². The standard InChI is InChI=1S/C13H24N4/c1-6-17(11(4)5)13-9-15-12(8-16-13)7-14-10(2)3/h8-11,14H,6-7H2,1-5H3. The number of nitrogens with one attached hydrogen (secondary N) is 1. The summed E-state index contributed by atoms with van der Waals surface area (Å²) < 4.78 is 0. The second-order valence-electron chi connectivity index (χ2n) is 4.78. The number of nitrogens with zero attached hydrogens (tertiary/aromatic N) is 3. The molecule has 1 heterocycles. The van der Waals surface area contributed by atoms with Crippen LogP contribution in [0.2, 0.25) is 0 Å². The van der Waals surface area contributed by atoms with Gasteiger partial charge in [-0.25, -0.2) is 4.98 Å². The van der Waals surface area contributed by atoms with E-state index >= 15 is 0 Å². The van der Waals surface area contributed by atoms with Crippen LogP contribution in [0.4, 0.5) is 5.82 Å². The zero-order chi connectivity index (χ0) is 12.8. The van der Waals surface area contributed by atoms with Gasteiger partial charge in [-0.3, -0.25) is 4.98 Å². The summed E-state index contributed by atoms with van der Waals surface area (Å²) in [6, 6.07) is 0.924. The Hall–Kier alpha value is -1.16. The fraction of sp³-hybridized carbons (Fsp3) is 0.692. The maximum atomic E-state index is 4.47. The number of anilines is 1. The van der Waals surface area contributed by atoms with Gasteiger partial charge in [0.15, 0.2) is 0 Å². The van der Waals surface area contributed by atoms with Crippen LogP contribution in [0.1, 0.15) is 40.3 Å². The molecule has 1 rings (SSSR count). The van der Waals surface area contributed by atoms with Gasteiger partial charge in [-0.05, 0) is 20.8 Å². The second-order valence-corrected chi connectivity index (χ2v) is 4.78. The maximum absolute atomic E-state index is 4.47. The largest absolute Gasteiger partial charge is 0.353 e. The van der Waals surface area contributed by atoms with Crippen LogP contribution >= 0.6 is 0 Å². The highest BCUT2D eigenvalue weighted by atomic mass is 15.2. The van der Waals surface area contributed by atoms with Crippen molar-refractivity contribution in [1.82, 2.24) is 15.3 Å². The minimum Gasteiger partial charge on any atom is -0.353 e. The predicted molar refractivity (Wildman–Crippen MR) is 72.2 cm³/mol. The molecule has 1 N–H and O–H groups in total. The van der Waals surface area contributed by atoms with Crippen molar-refractivity contribution in [2.75, 3.05) is 11.4 Å². The normalized spacial score (nSPS) is 11.2. The molecular weight excluding hydrogens is 212 g/mol. The first-order valence-corrected chi connectivity index (χ1v) is 6.35. The molecule has 4 nitrogen and oxygen atoms in total. The van der Waals surface area contributed by atoms with Crippen LogP contribution in [0.25, 0.3) is 0 Å². The summed E-state index contributed by atoms with van der Waals surface area (Å²) in [6.07, 6.45) is 3.72. The molecule has 0 fully saturated rings. The third kappa shape index (κ3) is 4.30. The molecule has 0 radical (unpaired) electrons. The Morgan fingerprint density at radius 1 is 1.18 bits per heavy atom. The number of hydrogen-bond acceptors (Lipinski definition) is 4. The molecule has 0 aliphatic heterocycles. The van der Waals surface area contributed by atoms with E-state index in [0.29, 0.717) is 12.1 Å². The lowest BCUT2D eigenvalue weighted by atomic mass is 10.3. The second kappa shape index (κ2) is 6.55. The van der Waals surface area contributed by atoms with Gasteiger partial charge in [0.2, 0.25) is 0 Å². The number of rotatable bonds is 6. The SMILES string of the molecule is CCN(c1cnc(CNC(C)C)cn1)C(C)C. The fourth-order valence-electron chi connectivity index (χ4n) is 1.69. The van der Waals surface area contributed by atoms with Gasteiger partial charge in [0.05, 0.1) is 18.1 Å². The van der Waals surface area contributed by atoms with E-state index in [2.05, 4.69) is 54.8 Å². The summed E-state index contributed by atoms with van der Waals surface area (Å²) >= 11 is 0. The smallest absolute Gasteiger partial charge is 0.147 e. The third-order valence-corrected chi connectivity index (χ3v) is 2.64. The monoisotopic (exact) mass is 236 g/mol. The predicted octanol–water partition coefficient (Wildman–Crippen LogP) is 2.21. The van der Waals surface area contributed by atoms with Crippen molar-refractivity contribution >= 4 is 5.82 Å². The molecule has 17 heavy (non-hydrogen) atoms. The molecule has 0 bridgehead atoms. The Labute approximate surface area is 104 Å². The van der Waals surface area contributed by atoms with E-state index in [9.17, 15) is 0 Å². The lowest BCUT2D eigenvalue weighted by Gasteiger charge is -2.25. The van der Waals surface area contributed by atoms with Gasteiger partial charge in [-0.1, -0.05) is 13.8 Å². The molecule has 4 heteroatoms. The Bertz CT molecular complexity index is 319. The van der Waals surface area contributed by atoms with Crippen LogP contribution in [0.5, 0.6) is 0 Å². The average molecular weight is 236 g/mol. The van der Waals surface area contributed by atoms with Gasteiger partial charge in [0.25, 0.3) is 0 Å². The van der Waals surface area contributed by atoms with E-state index in [1.54, 1.807) is 0 Å². The molecule has 0 aliphatic carbocycles. The van der Waals surface area contributed by atoms with Crippen molar-refractivity contribution < 1.29 is 0 Å². The van der Waals surface area contributed by atoms with Crippen LogP contribution in [0, 0.1) is 0 Å². The molecule has 0 spiro atoms. The molecule has 0 atom stereocenters. The first-order chi connectivity index (χ1) is 8.04. The summed E-state index contributed by atoms with van der Waals surface area (Å²) in [4.78, 5) is 11.1. The average Bonchev–Trinajstić information content (AvgIpc) is 2.28. The Morgan fingerprint density at radius 3 is 2.29 bits per heavy atom. The van der Waals surface area contributed by atoms with Crippen LogP contribution in [-0.2, 0) is 6.54 Å². The molecule has 0 saturated heterocycles. The molecule has 0 unspecified atom stereocenters. The number of aromatic nitrogens is 2. The van der Waals surface area contributed by atoms with Gasteiger partial charge in [-0.2, -0.15) is 0 Å². The maximum Gasteiger partial charge on any atom is 0.147 e. The minimum atomic E-state index is 0.453. The van der Waals surface area contributed by atoms with Crippen LogP contribution < -0.4 is 10.2 Å². The van der Waals surface area contributed by atoms with Crippen molar-refractivity contribution in [2.45, 2.75) is 53.2 Å². The summed E-state index contributed by atoms with van der Waals surface area (Å²) in [6.45, 7) is 12.4. The first-order valence-electron chi connectivity index (χ1n) is 6.35. The third-order valence-electron chi connectivity index (χ3n) is 2.64. The molecule has 0 aromatic carbocycles. The fourth-order valence-corrected chi connectivity index (χ4v) is 1.69. The zero-order valence-corrected chi connectivity index (χ0v) is 11.6. The molecular formula is C13H24N4. The highest BCUT2D eigenvalue weighted by molar-refractivity contribution is 5.36. The van der Waals surface area contributed by atoms with Crippen molar-refractivity contribution in [2.24, 2.45) is 0 Å². The molecule has 0 aliphatic rings. The molecule has 0 amide bonds. The van der Waals surface area contributed by atoms with Crippen molar-refractivity contribution in [1.29, 1.82) is 0 Å². The highest BCUT2D eigenvalue weighted by Crippen LogP contribution is 2.12. The van der Waals surface area contributed by atoms with Crippen molar-refractivity contribution in [3.05, 3.63) is 18.1 Å². The van der Waals surface area contributed by atoms with Gasteiger partial charge in [0, 0.05) is 25.2 Å². The molecule has 1 aromatic heterocycles. The highest BCUT2D eigenvalue weighted by Gasteiger charge is 2.09. The van der Waals surface area contributed by atoms with Crippen molar-refractivity contribution in [3.8, 4) is 0 Å². The Balaban J connectivity index is 2.66. The van der Waals surface area contributed by atoms with Crippen LogP contribution in [0.15, 0.2) is 12.4 Å². The Kier molecular flexibility index (Phi) is 5.35. The van der Waals surface area contributed by atoms with E-state index in [-0.39, 0.29) is 0 Å². The van der Waals surface area contributed by atoms with Gasteiger partial charge < -0.3 is 10.2 Å². The van der Waals surface area contributed by atoms with Gasteiger partial charge >= 0.3 is 0 Å². The van der Waals surface area contributed by atoms with Gasteiger partial charge in [-0.15, -0.1) is 0 Å². The van der Waals surface area contributed by atoms with E-state index in [0.717, 1.165) is 24.6 Å². The van der Waals surface area contributed by atoms with Gasteiger partial charge in [0.1, 0.15) is 5.82 Å². The molecule has 1 aromatic rings. The van der Waals surface area contributed by atoms with E-state index in [4.69, 9.17) is 0 Å². The van der Waals surface area contributed by atoms with E-state index in [1.165, 1.54) is 0 Å². The molecule has 0 saturated carbocycles. The Morgan fingerprint density at radius 2 is 1.88 bits per heavy atom. The summed E-state index contributed by atoms with van der Waals surface area (Å²) in [5.41, 5.74) is 0.988. The summed E-state index contributed by atoms with van der Waals surface area (Å²) in [5, 5.41) is 3.33. The van der Waals surface area contributed by atoms with E-state index in [1.807, 2.05) is 12.4 Å². The summed E-state index contributed by atoms with van der Waals surface area (Å²) in [5.74, 6) is 0.954. The zero-order valence-electron chi connectivity index (χ0n) is 11.6. The minimum absolute atomic E-state index is 0.453. The quantitative estimate of drug-likeness (QED) is 0.822. The summed E-state index contributed by atoms with van der Waals surface area (Å²) in [7, 11) is 0. The van der Waals surface area contributed by atoms with Crippen molar-refractivity contribution in [3.63, 3.8) is 0 Å². The molecule has 96 valence electrons. The lowest BCUT2D eigenvalue weighted by molar-refractivity contribution is 0.579. The lowest BCUT2D eigenvalue weighted by Crippen LogP contribution is -2.31. The first kappa shape index (κ1) is 13.9. The van der Waals surface area contributed by atoms with E-state index < -0.39 is 0 Å². The van der Waals surface area contributed by atoms with Crippen LogP contribution in [-0.4, -0.2) is 28.6 Å². The number of hydrogen-bond donors (Lipinski definition) is 1.